The summed E-state index contributed by atoms with van der Waals surface area (Å²) in [7, 11) is -0.549. The predicted octanol–water partition coefficient (Wildman–Crippen LogP) is 2.97. The van der Waals surface area contributed by atoms with Crippen LogP contribution in [0.3, 0.4) is 0 Å². The first-order valence-electron chi connectivity index (χ1n) is 7.60. The third kappa shape index (κ3) is 3.45. The van der Waals surface area contributed by atoms with Gasteiger partial charge in [0.2, 0.25) is 0 Å². The number of ether oxygens (including phenoxy) is 1. The van der Waals surface area contributed by atoms with Crippen LogP contribution in [0.15, 0.2) is 30.9 Å². The SMILES string of the molecule is CS(C)(C)CCOCn1ccc2c(-c3cn[nH]c3)c(C#N)cnc21. The second kappa shape index (κ2) is 6.67. The van der Waals surface area contributed by atoms with Crippen LogP contribution in [0, 0.1) is 11.3 Å². The summed E-state index contributed by atoms with van der Waals surface area (Å²) in [6.45, 7) is 1.20. The largest absolute Gasteiger partial charge is 0.360 e. The van der Waals surface area contributed by atoms with Crippen LogP contribution in [-0.2, 0) is 11.5 Å². The average Bonchev–Trinajstić information content (AvgIpc) is 3.19. The third-order valence-corrected chi connectivity index (χ3v) is 5.16. The zero-order chi connectivity index (χ0) is 17.2. The van der Waals surface area contributed by atoms with Crippen molar-refractivity contribution in [1.82, 2.24) is 19.7 Å². The van der Waals surface area contributed by atoms with Gasteiger partial charge in [-0.2, -0.15) is 10.4 Å². The van der Waals surface area contributed by atoms with Gasteiger partial charge in [-0.15, -0.1) is 0 Å². The predicted molar refractivity (Wildman–Crippen MR) is 98.2 cm³/mol. The maximum absolute atomic E-state index is 9.38. The van der Waals surface area contributed by atoms with Crippen molar-refractivity contribution >= 4 is 21.1 Å². The summed E-state index contributed by atoms with van der Waals surface area (Å²) < 4.78 is 7.78. The zero-order valence-electron chi connectivity index (χ0n) is 14.1. The molecule has 0 unspecified atom stereocenters. The molecular weight excluding hydrogens is 322 g/mol. The van der Waals surface area contributed by atoms with E-state index in [2.05, 4.69) is 40.0 Å². The van der Waals surface area contributed by atoms with Crippen molar-refractivity contribution in [3.05, 3.63) is 36.4 Å². The Balaban J connectivity index is 1.88. The fraction of sp³-hybridized carbons (Fsp3) is 0.353. The Labute approximate surface area is 142 Å². The molecule has 0 fully saturated rings. The highest BCUT2D eigenvalue weighted by molar-refractivity contribution is 8.32. The van der Waals surface area contributed by atoms with E-state index in [0.29, 0.717) is 12.3 Å². The summed E-state index contributed by atoms with van der Waals surface area (Å²) in [5, 5.41) is 17.1. The van der Waals surface area contributed by atoms with Crippen LogP contribution in [0.25, 0.3) is 22.2 Å². The van der Waals surface area contributed by atoms with E-state index in [0.717, 1.165) is 34.5 Å². The van der Waals surface area contributed by atoms with Gasteiger partial charge in [0.25, 0.3) is 0 Å². The topological polar surface area (TPSA) is 79.5 Å². The Hall–Kier alpha value is -2.30. The molecule has 0 aliphatic heterocycles. The molecule has 7 heteroatoms. The summed E-state index contributed by atoms with van der Waals surface area (Å²) in [5.74, 6) is 1.08. The zero-order valence-corrected chi connectivity index (χ0v) is 14.9. The molecule has 0 aromatic carbocycles. The minimum atomic E-state index is -0.549. The van der Waals surface area contributed by atoms with Crippen LogP contribution >= 0.6 is 10.0 Å². The molecule has 0 radical (unpaired) electrons. The molecule has 3 heterocycles. The van der Waals surface area contributed by atoms with Crippen molar-refractivity contribution in [3.63, 3.8) is 0 Å². The fourth-order valence-electron chi connectivity index (χ4n) is 2.50. The average molecular weight is 343 g/mol. The van der Waals surface area contributed by atoms with Gasteiger partial charge in [-0.3, -0.25) is 5.10 Å². The van der Waals surface area contributed by atoms with E-state index in [4.69, 9.17) is 4.74 Å². The van der Waals surface area contributed by atoms with Crippen LogP contribution in [0.2, 0.25) is 0 Å². The maximum Gasteiger partial charge on any atom is 0.142 e. The van der Waals surface area contributed by atoms with Crippen molar-refractivity contribution in [1.29, 1.82) is 5.26 Å². The summed E-state index contributed by atoms with van der Waals surface area (Å²) in [6, 6.07) is 4.19. The molecule has 0 saturated carbocycles. The molecule has 3 aromatic heterocycles. The molecule has 0 saturated heterocycles. The van der Waals surface area contributed by atoms with E-state index in [-0.39, 0.29) is 0 Å². The van der Waals surface area contributed by atoms with Crippen molar-refractivity contribution < 1.29 is 4.74 Å². The van der Waals surface area contributed by atoms with E-state index in [1.165, 1.54) is 0 Å². The lowest BCUT2D eigenvalue weighted by atomic mass is 10.0. The van der Waals surface area contributed by atoms with E-state index in [1.54, 1.807) is 18.6 Å². The highest BCUT2D eigenvalue weighted by atomic mass is 32.3. The second-order valence-electron chi connectivity index (χ2n) is 6.50. The smallest absolute Gasteiger partial charge is 0.142 e. The summed E-state index contributed by atoms with van der Waals surface area (Å²) >= 11 is 0. The molecule has 0 bridgehead atoms. The first-order chi connectivity index (χ1) is 11.5. The Bertz CT molecular complexity index is 871. The molecule has 3 rings (SSSR count). The van der Waals surface area contributed by atoms with E-state index < -0.39 is 10.0 Å². The third-order valence-electron chi connectivity index (χ3n) is 3.77. The highest BCUT2D eigenvalue weighted by Gasteiger charge is 2.14. The van der Waals surface area contributed by atoms with Gasteiger partial charge in [0.15, 0.2) is 0 Å². The first kappa shape index (κ1) is 16.6. The van der Waals surface area contributed by atoms with Crippen molar-refractivity contribution in [2.75, 3.05) is 31.1 Å². The fourth-order valence-corrected chi connectivity index (χ4v) is 3.12. The normalized spacial score (nSPS) is 12.4. The van der Waals surface area contributed by atoms with Gasteiger partial charge in [0.1, 0.15) is 18.4 Å². The van der Waals surface area contributed by atoms with Crippen LogP contribution in [0.5, 0.6) is 0 Å². The standard InChI is InChI=1S/C17H21N5OS/c1-24(2,3)7-6-23-12-22-5-4-15-16(14-10-20-21-11-14)13(8-18)9-19-17(15)22/h4-5,9-11H,6-7,12H2,1-3H3,(H,20,21). The molecule has 0 atom stereocenters. The van der Waals surface area contributed by atoms with Gasteiger partial charge in [-0.25, -0.2) is 15.0 Å². The number of fused-ring (bicyclic) bond motifs is 1. The second-order valence-corrected chi connectivity index (χ2v) is 11.1. The van der Waals surface area contributed by atoms with Gasteiger partial charge < -0.3 is 9.30 Å². The molecule has 0 amide bonds. The molecule has 0 aliphatic carbocycles. The molecule has 6 nitrogen and oxygen atoms in total. The van der Waals surface area contributed by atoms with E-state index in [1.807, 2.05) is 16.8 Å². The molecule has 24 heavy (non-hydrogen) atoms. The minimum Gasteiger partial charge on any atom is -0.360 e. The molecule has 3 aromatic rings. The molecule has 126 valence electrons. The van der Waals surface area contributed by atoms with Crippen LogP contribution in [-0.4, -0.2) is 50.9 Å². The van der Waals surface area contributed by atoms with Crippen LogP contribution in [0.4, 0.5) is 0 Å². The Morgan fingerprint density at radius 3 is 2.83 bits per heavy atom. The number of hydrogen-bond acceptors (Lipinski definition) is 4. The molecule has 1 N–H and O–H groups in total. The molecule has 0 spiro atoms. The highest BCUT2D eigenvalue weighted by Crippen LogP contribution is 2.34. The number of aromatic nitrogens is 4. The van der Waals surface area contributed by atoms with Gasteiger partial charge in [-0.1, -0.05) is 0 Å². The summed E-state index contributed by atoms with van der Waals surface area (Å²) in [4.78, 5) is 4.45. The summed E-state index contributed by atoms with van der Waals surface area (Å²) in [6.07, 6.45) is 13.9. The number of aromatic amines is 1. The van der Waals surface area contributed by atoms with Crippen molar-refractivity contribution in [2.45, 2.75) is 6.73 Å². The summed E-state index contributed by atoms with van der Waals surface area (Å²) in [5.41, 5.74) is 3.09. The Kier molecular flexibility index (Phi) is 4.60. The van der Waals surface area contributed by atoms with Gasteiger partial charge in [0, 0.05) is 40.9 Å². The van der Waals surface area contributed by atoms with E-state index >= 15 is 0 Å². The minimum absolute atomic E-state index is 0.461. The number of pyridine rings is 1. The Morgan fingerprint density at radius 2 is 2.17 bits per heavy atom. The lowest BCUT2D eigenvalue weighted by Gasteiger charge is -2.24. The number of nitriles is 1. The number of hydrogen-bond donors (Lipinski definition) is 1. The lowest BCUT2D eigenvalue weighted by Crippen LogP contribution is -2.09. The maximum atomic E-state index is 9.38. The number of rotatable bonds is 6. The molecule has 0 aliphatic rings. The van der Waals surface area contributed by atoms with Crippen LogP contribution < -0.4 is 0 Å². The Morgan fingerprint density at radius 1 is 1.33 bits per heavy atom. The van der Waals surface area contributed by atoms with Crippen molar-refractivity contribution in [3.8, 4) is 17.2 Å². The van der Waals surface area contributed by atoms with Gasteiger partial charge >= 0.3 is 0 Å². The van der Waals surface area contributed by atoms with Crippen LogP contribution in [0.1, 0.15) is 5.56 Å². The first-order valence-corrected chi connectivity index (χ1v) is 10.6. The van der Waals surface area contributed by atoms with Crippen molar-refractivity contribution in [2.24, 2.45) is 0 Å². The van der Waals surface area contributed by atoms with Gasteiger partial charge in [-0.05, 0) is 24.8 Å². The quantitative estimate of drug-likeness (QED) is 0.698. The number of nitrogens with one attached hydrogen (secondary N) is 1. The van der Waals surface area contributed by atoms with Gasteiger partial charge in [0.05, 0.1) is 18.4 Å². The lowest BCUT2D eigenvalue weighted by molar-refractivity contribution is 0.0924. The monoisotopic (exact) mass is 343 g/mol. The number of H-pyrrole nitrogens is 1. The molecular formula is C17H21N5OS. The van der Waals surface area contributed by atoms with E-state index in [9.17, 15) is 5.26 Å². The number of nitrogens with zero attached hydrogens (tertiary/aromatic N) is 4.